The fourth-order valence-corrected chi connectivity index (χ4v) is 2.53. The Hall–Kier alpha value is -0.610. The molecule has 0 bridgehead atoms. The molecule has 0 aliphatic carbocycles. The first kappa shape index (κ1) is 11.5. The van der Waals surface area contributed by atoms with E-state index in [-0.39, 0.29) is 0 Å². The third-order valence-electron chi connectivity index (χ3n) is 1.74. The Balaban J connectivity index is 2.47. The molecule has 3 nitrogen and oxygen atoms in total. The van der Waals surface area contributed by atoms with Gasteiger partial charge in [0.25, 0.3) is 0 Å². The van der Waals surface area contributed by atoms with Crippen LogP contribution in [-0.4, -0.2) is 9.96 Å². The van der Waals surface area contributed by atoms with Gasteiger partial charge < -0.3 is 10.2 Å². The highest BCUT2D eigenvalue weighted by atomic mass is 32.2. The van der Waals surface area contributed by atoms with Crippen molar-refractivity contribution in [3.8, 4) is 0 Å². The Kier molecular flexibility index (Phi) is 4.35. The second kappa shape index (κ2) is 5.32. The molecule has 14 heavy (non-hydrogen) atoms. The largest absolute Gasteiger partial charge is 0.464 e. The SMILES string of the molecule is CC(C)CS(=O)Cc1ccc(CN)o1. The lowest BCUT2D eigenvalue weighted by atomic mass is 10.3. The molecule has 0 aliphatic rings. The minimum Gasteiger partial charge on any atom is -0.464 e. The molecule has 0 saturated heterocycles. The molecule has 1 atom stereocenters. The third-order valence-corrected chi connectivity index (χ3v) is 3.39. The quantitative estimate of drug-likeness (QED) is 0.812. The molecule has 4 heteroatoms. The van der Waals surface area contributed by atoms with Crippen molar-refractivity contribution >= 4 is 10.8 Å². The van der Waals surface area contributed by atoms with Crippen LogP contribution in [0.15, 0.2) is 16.5 Å². The van der Waals surface area contributed by atoms with Gasteiger partial charge in [0.05, 0.1) is 12.3 Å². The van der Waals surface area contributed by atoms with Crippen LogP contribution in [0.25, 0.3) is 0 Å². The number of rotatable bonds is 5. The van der Waals surface area contributed by atoms with Crippen LogP contribution < -0.4 is 5.73 Å². The number of hydrogen-bond donors (Lipinski definition) is 1. The van der Waals surface area contributed by atoms with E-state index in [1.54, 1.807) is 0 Å². The standard InChI is InChI=1S/C10H17NO2S/c1-8(2)6-14(12)7-10-4-3-9(5-11)13-10/h3-4,8H,5-7,11H2,1-2H3. The van der Waals surface area contributed by atoms with E-state index >= 15 is 0 Å². The summed E-state index contributed by atoms with van der Waals surface area (Å²) in [6.45, 7) is 4.52. The summed E-state index contributed by atoms with van der Waals surface area (Å²) in [5, 5.41) is 0. The van der Waals surface area contributed by atoms with Crippen LogP contribution in [0.1, 0.15) is 25.4 Å². The molecule has 0 spiro atoms. The van der Waals surface area contributed by atoms with Gasteiger partial charge in [-0.3, -0.25) is 4.21 Å². The van der Waals surface area contributed by atoms with E-state index in [2.05, 4.69) is 13.8 Å². The first-order chi connectivity index (χ1) is 6.61. The van der Waals surface area contributed by atoms with Crippen LogP contribution in [0.2, 0.25) is 0 Å². The van der Waals surface area contributed by atoms with E-state index in [1.165, 1.54) is 0 Å². The molecule has 2 N–H and O–H groups in total. The Morgan fingerprint density at radius 2 is 2.07 bits per heavy atom. The number of hydrogen-bond acceptors (Lipinski definition) is 3. The summed E-state index contributed by atoms with van der Waals surface area (Å²) >= 11 is 0. The van der Waals surface area contributed by atoms with Crippen LogP contribution in [-0.2, 0) is 23.1 Å². The van der Waals surface area contributed by atoms with Gasteiger partial charge in [0.15, 0.2) is 0 Å². The second-order valence-corrected chi connectivity index (χ2v) is 5.22. The molecule has 0 saturated carbocycles. The van der Waals surface area contributed by atoms with Crippen LogP contribution in [0.5, 0.6) is 0 Å². The topological polar surface area (TPSA) is 56.2 Å². The van der Waals surface area contributed by atoms with E-state index < -0.39 is 10.8 Å². The Morgan fingerprint density at radius 3 is 2.57 bits per heavy atom. The van der Waals surface area contributed by atoms with E-state index in [4.69, 9.17) is 10.2 Å². The minimum absolute atomic E-state index is 0.400. The van der Waals surface area contributed by atoms with Gasteiger partial charge in [-0.15, -0.1) is 0 Å². The van der Waals surface area contributed by atoms with Gasteiger partial charge in [0.2, 0.25) is 0 Å². The maximum absolute atomic E-state index is 11.5. The second-order valence-electron chi connectivity index (χ2n) is 3.72. The molecule has 0 fully saturated rings. The maximum atomic E-state index is 11.5. The highest BCUT2D eigenvalue weighted by molar-refractivity contribution is 7.84. The monoisotopic (exact) mass is 215 g/mol. The van der Waals surface area contributed by atoms with E-state index in [0.29, 0.717) is 18.2 Å². The Bertz CT molecular complexity index is 307. The average Bonchev–Trinajstić information content (AvgIpc) is 2.50. The highest BCUT2D eigenvalue weighted by Crippen LogP contribution is 2.10. The van der Waals surface area contributed by atoms with Gasteiger partial charge in [-0.25, -0.2) is 0 Å². The molecular weight excluding hydrogens is 198 g/mol. The highest BCUT2D eigenvalue weighted by Gasteiger charge is 2.07. The smallest absolute Gasteiger partial charge is 0.117 e. The fraction of sp³-hybridized carbons (Fsp3) is 0.600. The number of furan rings is 1. The summed E-state index contributed by atoms with van der Waals surface area (Å²) < 4.78 is 16.9. The predicted octanol–water partition coefficient (Wildman–Crippen LogP) is 1.64. The van der Waals surface area contributed by atoms with Crippen LogP contribution >= 0.6 is 0 Å². The average molecular weight is 215 g/mol. The summed E-state index contributed by atoms with van der Waals surface area (Å²) in [6.07, 6.45) is 0. The van der Waals surface area contributed by atoms with Gasteiger partial charge >= 0.3 is 0 Å². The molecule has 1 heterocycles. The minimum atomic E-state index is -0.824. The molecule has 1 aromatic heterocycles. The molecule has 0 amide bonds. The third kappa shape index (κ3) is 3.64. The van der Waals surface area contributed by atoms with Crippen molar-refractivity contribution in [3.05, 3.63) is 23.7 Å². The lowest BCUT2D eigenvalue weighted by molar-refractivity contribution is 0.480. The lowest BCUT2D eigenvalue weighted by Gasteiger charge is -2.02. The van der Waals surface area contributed by atoms with E-state index in [1.807, 2.05) is 12.1 Å². The first-order valence-corrected chi connectivity index (χ1v) is 6.23. The molecule has 0 aliphatic heterocycles. The van der Waals surface area contributed by atoms with Crippen LogP contribution in [0.3, 0.4) is 0 Å². The van der Waals surface area contributed by atoms with Crippen LogP contribution in [0, 0.1) is 5.92 Å². The van der Waals surface area contributed by atoms with Crippen molar-refractivity contribution in [1.82, 2.24) is 0 Å². The van der Waals surface area contributed by atoms with Gasteiger partial charge in [0, 0.05) is 16.6 Å². The van der Waals surface area contributed by atoms with Crippen molar-refractivity contribution in [1.29, 1.82) is 0 Å². The van der Waals surface area contributed by atoms with Crippen LogP contribution in [0.4, 0.5) is 0 Å². The molecule has 1 rings (SSSR count). The maximum Gasteiger partial charge on any atom is 0.117 e. The summed E-state index contributed by atoms with van der Waals surface area (Å²) in [5.41, 5.74) is 5.41. The Labute approximate surface area is 87.1 Å². The molecule has 1 aromatic rings. The van der Waals surface area contributed by atoms with Crippen molar-refractivity contribution in [2.45, 2.75) is 26.1 Å². The molecule has 1 unspecified atom stereocenters. The molecular formula is C10H17NO2S. The van der Waals surface area contributed by atoms with Gasteiger partial charge in [-0.2, -0.15) is 0 Å². The zero-order valence-electron chi connectivity index (χ0n) is 8.66. The number of nitrogens with two attached hydrogens (primary N) is 1. The summed E-state index contributed by atoms with van der Waals surface area (Å²) in [5.74, 6) is 3.20. The van der Waals surface area contributed by atoms with Gasteiger partial charge in [0.1, 0.15) is 11.5 Å². The zero-order valence-corrected chi connectivity index (χ0v) is 9.47. The molecule has 0 radical (unpaired) electrons. The van der Waals surface area contributed by atoms with Crippen molar-refractivity contribution in [3.63, 3.8) is 0 Å². The normalized spacial score (nSPS) is 13.4. The van der Waals surface area contributed by atoms with Gasteiger partial charge in [-0.1, -0.05) is 13.8 Å². The van der Waals surface area contributed by atoms with Crippen molar-refractivity contribution in [2.24, 2.45) is 11.7 Å². The Morgan fingerprint density at radius 1 is 1.43 bits per heavy atom. The fourth-order valence-electron chi connectivity index (χ4n) is 1.20. The van der Waals surface area contributed by atoms with Crippen molar-refractivity contribution in [2.75, 3.05) is 5.75 Å². The summed E-state index contributed by atoms with van der Waals surface area (Å²) in [7, 11) is -0.824. The van der Waals surface area contributed by atoms with E-state index in [0.717, 1.165) is 17.3 Å². The molecule has 0 aromatic carbocycles. The lowest BCUT2D eigenvalue weighted by Crippen LogP contribution is -2.06. The first-order valence-electron chi connectivity index (χ1n) is 4.74. The summed E-state index contributed by atoms with van der Waals surface area (Å²) in [6, 6.07) is 3.68. The zero-order chi connectivity index (χ0) is 10.6. The van der Waals surface area contributed by atoms with Crippen molar-refractivity contribution < 1.29 is 8.63 Å². The summed E-state index contributed by atoms with van der Waals surface area (Å²) in [4.78, 5) is 0. The van der Waals surface area contributed by atoms with Gasteiger partial charge in [-0.05, 0) is 18.1 Å². The predicted molar refractivity (Wildman–Crippen MR) is 58.2 cm³/mol. The molecule has 80 valence electrons. The van der Waals surface area contributed by atoms with E-state index in [9.17, 15) is 4.21 Å².